The molecule has 0 atom stereocenters. The fraction of sp³-hybridized carbons (Fsp3) is 0.0667. The van der Waals surface area contributed by atoms with Crippen LogP contribution in [0.5, 0.6) is 0 Å². The van der Waals surface area contributed by atoms with Gasteiger partial charge in [-0.05, 0) is 23.8 Å². The van der Waals surface area contributed by atoms with Gasteiger partial charge in [-0.2, -0.15) is 0 Å². The van der Waals surface area contributed by atoms with Crippen LogP contribution in [-0.4, -0.2) is 5.75 Å². The van der Waals surface area contributed by atoms with Crippen molar-refractivity contribution < 1.29 is 0 Å². The summed E-state index contributed by atoms with van der Waals surface area (Å²) in [6, 6.07) is 15.8. The van der Waals surface area contributed by atoms with Crippen LogP contribution in [0.3, 0.4) is 0 Å². The third-order valence-corrected chi connectivity index (χ3v) is 3.85. The quantitative estimate of drug-likeness (QED) is 0.645. The minimum atomic E-state index is 0.698. The zero-order chi connectivity index (χ0) is 12.8. The van der Waals surface area contributed by atoms with E-state index < -0.39 is 0 Å². The molecule has 0 aliphatic heterocycles. The summed E-state index contributed by atoms with van der Waals surface area (Å²) < 4.78 is 0. The molecule has 92 valence electrons. The van der Waals surface area contributed by atoms with E-state index in [0.717, 1.165) is 10.6 Å². The summed E-state index contributed by atoms with van der Waals surface area (Å²) >= 11 is 7.80. The topological polar surface area (TPSA) is 26.0 Å². The Labute approximate surface area is 117 Å². The van der Waals surface area contributed by atoms with Crippen LogP contribution in [0.2, 0.25) is 5.02 Å². The van der Waals surface area contributed by atoms with Crippen LogP contribution < -0.4 is 5.73 Å². The Balaban J connectivity index is 1.91. The third-order valence-electron chi connectivity index (χ3n) is 2.40. The molecule has 0 saturated carbocycles. The summed E-state index contributed by atoms with van der Waals surface area (Å²) in [6.07, 6.45) is 4.24. The van der Waals surface area contributed by atoms with Crippen LogP contribution in [0.1, 0.15) is 5.56 Å². The van der Waals surface area contributed by atoms with Crippen LogP contribution in [0.15, 0.2) is 59.5 Å². The molecule has 0 spiro atoms. The Morgan fingerprint density at radius 2 is 1.89 bits per heavy atom. The highest BCUT2D eigenvalue weighted by molar-refractivity contribution is 7.99. The predicted octanol–water partition coefficient (Wildman–Crippen LogP) is 4.73. The molecule has 0 radical (unpaired) electrons. The number of nitrogen functional groups attached to an aromatic ring is 1. The Morgan fingerprint density at radius 3 is 2.61 bits per heavy atom. The minimum absolute atomic E-state index is 0.698. The number of benzene rings is 2. The Bertz CT molecular complexity index is 537. The number of anilines is 1. The third kappa shape index (κ3) is 3.83. The summed E-state index contributed by atoms with van der Waals surface area (Å²) in [5, 5.41) is 0.716. The van der Waals surface area contributed by atoms with Gasteiger partial charge in [-0.1, -0.05) is 54.1 Å². The van der Waals surface area contributed by atoms with Gasteiger partial charge in [0.25, 0.3) is 0 Å². The SMILES string of the molecule is Nc1ccc(SC/C=C/c2ccccc2)c(Cl)c1. The highest BCUT2D eigenvalue weighted by atomic mass is 35.5. The fourth-order valence-electron chi connectivity index (χ4n) is 1.52. The zero-order valence-electron chi connectivity index (χ0n) is 9.84. The summed E-state index contributed by atoms with van der Waals surface area (Å²) in [5.41, 5.74) is 7.56. The molecule has 2 N–H and O–H groups in total. The summed E-state index contributed by atoms with van der Waals surface area (Å²) in [7, 11) is 0. The molecule has 0 amide bonds. The minimum Gasteiger partial charge on any atom is -0.399 e. The van der Waals surface area contributed by atoms with Crippen LogP contribution in [-0.2, 0) is 0 Å². The molecular formula is C15H14ClNS. The summed E-state index contributed by atoms with van der Waals surface area (Å²) in [4.78, 5) is 1.06. The first-order valence-electron chi connectivity index (χ1n) is 5.65. The first kappa shape index (κ1) is 13.1. The molecule has 0 unspecified atom stereocenters. The maximum Gasteiger partial charge on any atom is 0.0562 e. The maximum atomic E-state index is 6.10. The lowest BCUT2D eigenvalue weighted by molar-refractivity contribution is 1.46. The number of nitrogens with two attached hydrogens (primary N) is 1. The van der Waals surface area contributed by atoms with E-state index in [-0.39, 0.29) is 0 Å². The number of thioether (sulfide) groups is 1. The molecule has 0 heterocycles. The molecule has 0 bridgehead atoms. The highest BCUT2D eigenvalue weighted by Crippen LogP contribution is 2.28. The average molecular weight is 276 g/mol. The monoisotopic (exact) mass is 275 g/mol. The van der Waals surface area contributed by atoms with Gasteiger partial charge in [0, 0.05) is 16.3 Å². The number of halogens is 1. The highest BCUT2D eigenvalue weighted by Gasteiger charge is 1.99. The Hall–Kier alpha value is -1.38. The van der Waals surface area contributed by atoms with Gasteiger partial charge in [0.15, 0.2) is 0 Å². The van der Waals surface area contributed by atoms with Crippen molar-refractivity contribution in [2.45, 2.75) is 4.90 Å². The van der Waals surface area contributed by atoms with E-state index in [4.69, 9.17) is 17.3 Å². The second-order valence-electron chi connectivity index (χ2n) is 3.81. The average Bonchev–Trinajstić information content (AvgIpc) is 2.38. The van der Waals surface area contributed by atoms with Crippen molar-refractivity contribution >= 4 is 35.1 Å². The first-order valence-corrected chi connectivity index (χ1v) is 7.01. The Morgan fingerprint density at radius 1 is 1.11 bits per heavy atom. The molecule has 0 aromatic heterocycles. The van der Waals surface area contributed by atoms with Gasteiger partial charge in [0.1, 0.15) is 0 Å². The molecule has 1 nitrogen and oxygen atoms in total. The van der Waals surface area contributed by atoms with Gasteiger partial charge in [-0.15, -0.1) is 11.8 Å². The van der Waals surface area contributed by atoms with E-state index >= 15 is 0 Å². The molecule has 2 aromatic rings. The maximum absolute atomic E-state index is 6.10. The smallest absolute Gasteiger partial charge is 0.0562 e. The number of rotatable bonds is 4. The van der Waals surface area contributed by atoms with Gasteiger partial charge in [-0.25, -0.2) is 0 Å². The van der Waals surface area contributed by atoms with E-state index in [0.29, 0.717) is 10.7 Å². The van der Waals surface area contributed by atoms with E-state index in [1.54, 1.807) is 17.8 Å². The van der Waals surface area contributed by atoms with Crippen LogP contribution in [0, 0.1) is 0 Å². The van der Waals surface area contributed by atoms with E-state index in [9.17, 15) is 0 Å². The van der Waals surface area contributed by atoms with Gasteiger partial charge >= 0.3 is 0 Å². The number of hydrogen-bond acceptors (Lipinski definition) is 2. The predicted molar refractivity (Wildman–Crippen MR) is 82.1 cm³/mol. The van der Waals surface area contributed by atoms with Gasteiger partial charge in [0.2, 0.25) is 0 Å². The van der Waals surface area contributed by atoms with Crippen LogP contribution in [0.25, 0.3) is 6.08 Å². The van der Waals surface area contributed by atoms with E-state index in [2.05, 4.69) is 24.3 Å². The molecular weight excluding hydrogens is 262 g/mol. The number of hydrogen-bond donors (Lipinski definition) is 1. The Kier molecular flexibility index (Phi) is 4.73. The normalized spacial score (nSPS) is 10.9. The molecule has 0 aliphatic rings. The van der Waals surface area contributed by atoms with Crippen molar-refractivity contribution in [3.8, 4) is 0 Å². The zero-order valence-corrected chi connectivity index (χ0v) is 11.4. The molecule has 2 aromatic carbocycles. The van der Waals surface area contributed by atoms with E-state index in [1.807, 2.05) is 30.3 Å². The van der Waals surface area contributed by atoms with Gasteiger partial charge in [-0.3, -0.25) is 0 Å². The molecule has 2 rings (SSSR count). The lowest BCUT2D eigenvalue weighted by Crippen LogP contribution is -1.84. The largest absolute Gasteiger partial charge is 0.399 e. The van der Waals surface area contributed by atoms with Crippen molar-refractivity contribution in [1.29, 1.82) is 0 Å². The standard InChI is InChI=1S/C15H14ClNS/c16-14-11-13(17)8-9-15(14)18-10-4-7-12-5-2-1-3-6-12/h1-9,11H,10,17H2/b7-4+. The van der Waals surface area contributed by atoms with Crippen molar-refractivity contribution in [2.24, 2.45) is 0 Å². The van der Waals surface area contributed by atoms with Crippen molar-refractivity contribution in [3.05, 3.63) is 65.2 Å². The molecule has 3 heteroatoms. The molecule has 18 heavy (non-hydrogen) atoms. The molecule has 0 aliphatic carbocycles. The summed E-state index contributed by atoms with van der Waals surface area (Å²) in [5.74, 6) is 0.887. The van der Waals surface area contributed by atoms with Gasteiger partial charge in [0.05, 0.1) is 5.02 Å². The molecule has 0 saturated heterocycles. The van der Waals surface area contributed by atoms with Crippen molar-refractivity contribution in [2.75, 3.05) is 11.5 Å². The van der Waals surface area contributed by atoms with Crippen molar-refractivity contribution in [1.82, 2.24) is 0 Å². The summed E-state index contributed by atoms with van der Waals surface area (Å²) in [6.45, 7) is 0. The van der Waals surface area contributed by atoms with E-state index in [1.165, 1.54) is 5.56 Å². The van der Waals surface area contributed by atoms with Crippen LogP contribution >= 0.6 is 23.4 Å². The van der Waals surface area contributed by atoms with Crippen LogP contribution in [0.4, 0.5) is 5.69 Å². The first-order chi connectivity index (χ1) is 8.75. The second-order valence-corrected chi connectivity index (χ2v) is 5.28. The fourth-order valence-corrected chi connectivity index (χ4v) is 2.61. The molecule has 0 fully saturated rings. The van der Waals surface area contributed by atoms with Crippen molar-refractivity contribution in [3.63, 3.8) is 0 Å². The lowest BCUT2D eigenvalue weighted by Gasteiger charge is -2.02. The lowest BCUT2D eigenvalue weighted by atomic mass is 10.2. The second kappa shape index (κ2) is 6.53. The van der Waals surface area contributed by atoms with Gasteiger partial charge < -0.3 is 5.73 Å².